The number of benzene rings is 1. The van der Waals surface area contributed by atoms with Gasteiger partial charge in [-0.3, -0.25) is 4.98 Å². The molecule has 108 valence electrons. The molecule has 0 bridgehead atoms. The summed E-state index contributed by atoms with van der Waals surface area (Å²) in [6, 6.07) is 15.9. The maximum absolute atomic E-state index is 9.53. The van der Waals surface area contributed by atoms with E-state index in [2.05, 4.69) is 21.4 Å². The zero-order valence-electron chi connectivity index (χ0n) is 12.1. The van der Waals surface area contributed by atoms with Gasteiger partial charge in [-0.15, -0.1) is 11.8 Å². The van der Waals surface area contributed by atoms with Gasteiger partial charge >= 0.3 is 0 Å². The maximum Gasteiger partial charge on any atom is 0.116 e. The van der Waals surface area contributed by atoms with Gasteiger partial charge in [-0.2, -0.15) is 5.26 Å². The normalized spacial score (nSPS) is 10.4. The molecule has 0 saturated carbocycles. The van der Waals surface area contributed by atoms with Gasteiger partial charge in [0.05, 0.1) is 23.4 Å². The summed E-state index contributed by atoms with van der Waals surface area (Å²) >= 11 is 1.48. The third kappa shape index (κ3) is 2.74. The van der Waals surface area contributed by atoms with E-state index in [0.717, 1.165) is 27.3 Å². The van der Waals surface area contributed by atoms with Crippen LogP contribution in [0.4, 0.5) is 5.69 Å². The van der Waals surface area contributed by atoms with Crippen molar-refractivity contribution in [3.8, 4) is 6.07 Å². The molecule has 22 heavy (non-hydrogen) atoms. The highest BCUT2D eigenvalue weighted by Gasteiger charge is 2.14. The van der Waals surface area contributed by atoms with Crippen molar-refractivity contribution in [1.82, 2.24) is 9.97 Å². The number of fused-ring (bicyclic) bond motifs is 1. The first kappa shape index (κ1) is 14.4. The summed E-state index contributed by atoms with van der Waals surface area (Å²) in [5, 5.41) is 14.6. The summed E-state index contributed by atoms with van der Waals surface area (Å²) in [5.41, 5.74) is 3.22. The summed E-state index contributed by atoms with van der Waals surface area (Å²) < 4.78 is 0. The van der Waals surface area contributed by atoms with Gasteiger partial charge in [0.2, 0.25) is 0 Å². The maximum atomic E-state index is 9.53. The van der Waals surface area contributed by atoms with Crippen LogP contribution in [0.15, 0.2) is 53.7 Å². The molecule has 0 spiro atoms. The molecule has 5 heteroatoms. The Kier molecular flexibility index (Phi) is 4.22. The second kappa shape index (κ2) is 6.46. The fraction of sp³-hybridized carbons (Fsp3) is 0.118. The van der Waals surface area contributed by atoms with Crippen LogP contribution in [0.5, 0.6) is 0 Å². The van der Waals surface area contributed by atoms with Crippen LogP contribution in [0.25, 0.3) is 10.9 Å². The summed E-state index contributed by atoms with van der Waals surface area (Å²) in [6.45, 7) is 0.567. The molecular weight excluding hydrogens is 292 g/mol. The molecule has 1 aromatic carbocycles. The lowest BCUT2D eigenvalue weighted by molar-refractivity contribution is 1.04. The van der Waals surface area contributed by atoms with Crippen LogP contribution < -0.4 is 5.32 Å². The van der Waals surface area contributed by atoms with Crippen LogP contribution in [0.2, 0.25) is 0 Å². The minimum atomic E-state index is 0.567. The standard InChI is InChI=1S/C17H14N4S/c1-22-17-14(10-18)16(13-7-2-3-8-15(13)21-17)20-11-12-6-4-5-9-19-12/h2-9H,11H2,1H3,(H,20,21). The van der Waals surface area contributed by atoms with E-state index in [1.165, 1.54) is 11.8 Å². The van der Waals surface area contributed by atoms with E-state index in [1.807, 2.05) is 48.7 Å². The second-order valence-corrected chi connectivity index (χ2v) is 5.47. The Hall–Kier alpha value is -2.58. The molecule has 0 aliphatic heterocycles. The molecule has 2 heterocycles. The number of rotatable bonds is 4. The Labute approximate surface area is 133 Å². The number of para-hydroxylation sites is 1. The number of nitrogens with one attached hydrogen (secondary N) is 1. The molecule has 0 unspecified atom stereocenters. The van der Waals surface area contributed by atoms with E-state index in [1.54, 1.807) is 6.20 Å². The van der Waals surface area contributed by atoms with Crippen molar-refractivity contribution in [2.24, 2.45) is 0 Å². The SMILES string of the molecule is CSc1nc2ccccc2c(NCc2ccccn2)c1C#N. The summed E-state index contributed by atoms with van der Waals surface area (Å²) in [7, 11) is 0. The number of anilines is 1. The molecular formula is C17H14N4S. The van der Waals surface area contributed by atoms with Gasteiger partial charge in [0.15, 0.2) is 0 Å². The Morgan fingerprint density at radius 1 is 1.18 bits per heavy atom. The van der Waals surface area contributed by atoms with Crippen LogP contribution in [0.1, 0.15) is 11.3 Å². The van der Waals surface area contributed by atoms with Gasteiger partial charge in [0.25, 0.3) is 0 Å². The predicted molar refractivity (Wildman–Crippen MR) is 89.8 cm³/mol. The van der Waals surface area contributed by atoms with Crippen molar-refractivity contribution in [3.05, 3.63) is 59.9 Å². The van der Waals surface area contributed by atoms with Crippen LogP contribution in [0.3, 0.4) is 0 Å². The van der Waals surface area contributed by atoms with Crippen molar-refractivity contribution >= 4 is 28.4 Å². The first-order valence-corrected chi connectivity index (χ1v) is 8.06. The Bertz CT molecular complexity index is 840. The fourth-order valence-electron chi connectivity index (χ4n) is 2.31. The number of pyridine rings is 2. The van der Waals surface area contributed by atoms with Crippen molar-refractivity contribution in [2.75, 3.05) is 11.6 Å². The van der Waals surface area contributed by atoms with Crippen LogP contribution >= 0.6 is 11.8 Å². The molecule has 3 rings (SSSR count). The van der Waals surface area contributed by atoms with Gasteiger partial charge in [-0.05, 0) is 24.5 Å². The molecule has 3 aromatic rings. The first-order chi connectivity index (χ1) is 10.8. The predicted octanol–water partition coefficient (Wildman–Crippen LogP) is 3.84. The summed E-state index contributed by atoms with van der Waals surface area (Å²) in [4.78, 5) is 8.87. The van der Waals surface area contributed by atoms with E-state index < -0.39 is 0 Å². The van der Waals surface area contributed by atoms with Crippen LogP contribution in [-0.2, 0) is 6.54 Å². The van der Waals surface area contributed by atoms with E-state index >= 15 is 0 Å². The van der Waals surface area contributed by atoms with Crippen molar-refractivity contribution in [2.45, 2.75) is 11.6 Å². The van der Waals surface area contributed by atoms with Crippen molar-refractivity contribution < 1.29 is 0 Å². The fourth-order valence-corrected chi connectivity index (χ4v) is 2.85. The van der Waals surface area contributed by atoms with Gasteiger partial charge in [0.1, 0.15) is 16.7 Å². The highest BCUT2D eigenvalue weighted by atomic mass is 32.2. The number of hydrogen-bond donors (Lipinski definition) is 1. The molecule has 1 N–H and O–H groups in total. The number of nitriles is 1. The zero-order valence-corrected chi connectivity index (χ0v) is 12.9. The molecule has 4 nitrogen and oxygen atoms in total. The summed E-state index contributed by atoms with van der Waals surface area (Å²) in [6.07, 6.45) is 3.70. The van der Waals surface area contributed by atoms with Gasteiger partial charge in [0, 0.05) is 11.6 Å². The lowest BCUT2D eigenvalue weighted by Crippen LogP contribution is -2.05. The summed E-state index contributed by atoms with van der Waals surface area (Å²) in [5.74, 6) is 0. The van der Waals surface area contributed by atoms with E-state index in [-0.39, 0.29) is 0 Å². The topological polar surface area (TPSA) is 61.6 Å². The Balaban J connectivity index is 2.08. The highest BCUT2D eigenvalue weighted by Crippen LogP contribution is 2.32. The number of hydrogen-bond acceptors (Lipinski definition) is 5. The molecule has 2 aromatic heterocycles. The smallest absolute Gasteiger partial charge is 0.116 e. The van der Waals surface area contributed by atoms with Crippen LogP contribution in [0, 0.1) is 11.3 Å². The van der Waals surface area contributed by atoms with Crippen LogP contribution in [-0.4, -0.2) is 16.2 Å². The molecule has 0 amide bonds. The lowest BCUT2D eigenvalue weighted by Gasteiger charge is -2.13. The molecule has 0 fully saturated rings. The monoisotopic (exact) mass is 306 g/mol. The minimum absolute atomic E-state index is 0.567. The molecule has 0 aliphatic rings. The molecule has 0 radical (unpaired) electrons. The van der Waals surface area contributed by atoms with Gasteiger partial charge in [-0.25, -0.2) is 4.98 Å². The number of thioether (sulfide) groups is 1. The van der Waals surface area contributed by atoms with E-state index in [0.29, 0.717) is 12.1 Å². The van der Waals surface area contributed by atoms with Gasteiger partial charge < -0.3 is 5.32 Å². The first-order valence-electron chi connectivity index (χ1n) is 6.84. The lowest BCUT2D eigenvalue weighted by atomic mass is 10.1. The van der Waals surface area contributed by atoms with Crippen molar-refractivity contribution in [3.63, 3.8) is 0 Å². The average molecular weight is 306 g/mol. The number of nitrogens with zero attached hydrogens (tertiary/aromatic N) is 3. The zero-order chi connectivity index (χ0) is 15.4. The minimum Gasteiger partial charge on any atom is -0.378 e. The third-order valence-electron chi connectivity index (χ3n) is 3.34. The highest BCUT2D eigenvalue weighted by molar-refractivity contribution is 7.98. The van der Waals surface area contributed by atoms with Gasteiger partial charge in [-0.1, -0.05) is 24.3 Å². The Morgan fingerprint density at radius 3 is 2.73 bits per heavy atom. The largest absolute Gasteiger partial charge is 0.378 e. The molecule has 0 saturated heterocycles. The number of aromatic nitrogens is 2. The quantitative estimate of drug-likeness (QED) is 0.742. The molecule has 0 aliphatic carbocycles. The van der Waals surface area contributed by atoms with E-state index in [9.17, 15) is 5.26 Å². The third-order valence-corrected chi connectivity index (χ3v) is 4.02. The molecule has 0 atom stereocenters. The van der Waals surface area contributed by atoms with Crippen molar-refractivity contribution in [1.29, 1.82) is 5.26 Å². The Morgan fingerprint density at radius 2 is 2.00 bits per heavy atom. The average Bonchev–Trinajstić information content (AvgIpc) is 2.59. The second-order valence-electron chi connectivity index (χ2n) is 4.67. The van der Waals surface area contributed by atoms with E-state index in [4.69, 9.17) is 0 Å².